The van der Waals surface area contributed by atoms with Crippen LogP contribution in [0.3, 0.4) is 0 Å². The minimum Gasteiger partial charge on any atom is -0.365 e. The maximum atomic E-state index is 10.1. The topological polar surface area (TPSA) is 35.7 Å². The van der Waals surface area contributed by atoms with Crippen LogP contribution in [0.15, 0.2) is 18.3 Å². The fourth-order valence-electron chi connectivity index (χ4n) is 1.12. The lowest BCUT2D eigenvalue weighted by molar-refractivity contribution is 0.186. The third kappa shape index (κ3) is 3.23. The van der Waals surface area contributed by atoms with E-state index in [1.54, 1.807) is 0 Å². The van der Waals surface area contributed by atoms with Crippen LogP contribution in [-0.2, 0) is 11.5 Å². The predicted molar refractivity (Wildman–Crippen MR) is 43.9 cm³/mol. The number of aromatic nitrogens is 1. The molecule has 11 heavy (non-hydrogen) atoms. The number of aryl methyl sites for hydroxylation is 1. The summed E-state index contributed by atoms with van der Waals surface area (Å²) < 4.78 is 0. The molecule has 0 atom stereocenters. The zero-order valence-corrected chi connectivity index (χ0v) is 6.68. The summed E-state index contributed by atoms with van der Waals surface area (Å²) in [4.78, 5) is 3.14. The molecule has 0 aliphatic rings. The van der Waals surface area contributed by atoms with Crippen LogP contribution in [0, 0.1) is 0 Å². The lowest BCUT2D eigenvalue weighted by Gasteiger charge is -1.95. The van der Waals surface area contributed by atoms with Crippen molar-refractivity contribution < 1.29 is 5.11 Å². The Morgan fingerprint density at radius 3 is 2.82 bits per heavy atom. The number of hydrogen-bond donors (Lipinski definition) is 1. The molecule has 1 aromatic rings. The molecule has 1 heterocycles. The summed E-state index contributed by atoms with van der Waals surface area (Å²) in [7, 11) is 0. The van der Waals surface area contributed by atoms with Gasteiger partial charge < -0.3 is 4.98 Å². The normalized spacial score (nSPS) is 10.3. The van der Waals surface area contributed by atoms with Gasteiger partial charge in [-0.2, -0.15) is 0 Å². The van der Waals surface area contributed by atoms with Gasteiger partial charge in [0.15, 0.2) is 0 Å². The van der Waals surface area contributed by atoms with E-state index in [-0.39, 0.29) is 6.61 Å². The van der Waals surface area contributed by atoms with E-state index in [1.165, 1.54) is 5.69 Å². The van der Waals surface area contributed by atoms with Crippen molar-refractivity contribution in [3.8, 4) is 0 Å². The molecule has 2 heteroatoms. The van der Waals surface area contributed by atoms with Crippen LogP contribution in [0.4, 0.5) is 0 Å². The molecule has 0 saturated heterocycles. The van der Waals surface area contributed by atoms with Crippen LogP contribution in [0.1, 0.15) is 25.0 Å². The zero-order chi connectivity index (χ0) is 7.94. The first-order chi connectivity index (χ1) is 5.43. The second-order valence-electron chi connectivity index (χ2n) is 2.71. The van der Waals surface area contributed by atoms with Crippen molar-refractivity contribution in [2.24, 2.45) is 0 Å². The summed E-state index contributed by atoms with van der Waals surface area (Å²) in [6.07, 6.45) is 6.02. The van der Waals surface area contributed by atoms with Crippen molar-refractivity contribution in [3.63, 3.8) is 0 Å². The van der Waals surface area contributed by atoms with Crippen LogP contribution >= 0.6 is 0 Å². The highest BCUT2D eigenvalue weighted by molar-refractivity contribution is 5.03. The van der Waals surface area contributed by atoms with E-state index in [0.29, 0.717) is 0 Å². The summed E-state index contributed by atoms with van der Waals surface area (Å²) in [6, 6.07) is 4.08. The quantitative estimate of drug-likeness (QED) is 0.628. The van der Waals surface area contributed by atoms with Gasteiger partial charge in [0.25, 0.3) is 0 Å². The van der Waals surface area contributed by atoms with Gasteiger partial charge in [0.2, 0.25) is 0 Å². The highest BCUT2D eigenvalue weighted by Crippen LogP contribution is 2.03. The number of aromatic amines is 1. The van der Waals surface area contributed by atoms with Gasteiger partial charge >= 0.3 is 0 Å². The van der Waals surface area contributed by atoms with E-state index in [0.717, 1.165) is 25.7 Å². The Bertz CT molecular complexity index is 170. The van der Waals surface area contributed by atoms with E-state index in [1.807, 2.05) is 12.3 Å². The van der Waals surface area contributed by atoms with Crippen molar-refractivity contribution in [2.45, 2.75) is 25.7 Å². The van der Waals surface area contributed by atoms with E-state index < -0.39 is 0 Å². The molecule has 1 radical (unpaired) electrons. The molecular weight excluding hydrogens is 138 g/mol. The second-order valence-corrected chi connectivity index (χ2v) is 2.71. The van der Waals surface area contributed by atoms with Crippen molar-refractivity contribution in [3.05, 3.63) is 24.0 Å². The van der Waals surface area contributed by atoms with Crippen LogP contribution < -0.4 is 0 Å². The number of rotatable bonds is 5. The van der Waals surface area contributed by atoms with Gasteiger partial charge in [-0.15, -0.1) is 0 Å². The van der Waals surface area contributed by atoms with Crippen LogP contribution in [0.25, 0.3) is 0 Å². The monoisotopic (exact) mass is 152 g/mol. The van der Waals surface area contributed by atoms with E-state index in [4.69, 9.17) is 0 Å². The van der Waals surface area contributed by atoms with Gasteiger partial charge in [-0.25, -0.2) is 5.11 Å². The molecule has 1 rings (SSSR count). The average Bonchev–Trinajstić information content (AvgIpc) is 2.50. The van der Waals surface area contributed by atoms with Crippen molar-refractivity contribution in [1.29, 1.82) is 0 Å². The molecule has 0 saturated carbocycles. The highest BCUT2D eigenvalue weighted by Gasteiger charge is 1.92. The molecule has 0 fully saturated rings. The van der Waals surface area contributed by atoms with Gasteiger partial charge in [-0.1, -0.05) is 6.42 Å². The maximum absolute atomic E-state index is 10.1. The van der Waals surface area contributed by atoms with Gasteiger partial charge in [0.05, 0.1) is 6.61 Å². The SMILES string of the molecule is [O]CCCCCc1ccc[nH]1. The summed E-state index contributed by atoms with van der Waals surface area (Å²) in [5.74, 6) is 0. The van der Waals surface area contributed by atoms with Crippen molar-refractivity contribution >= 4 is 0 Å². The Kier molecular flexibility index (Phi) is 3.76. The first kappa shape index (κ1) is 8.34. The lowest BCUT2D eigenvalue weighted by Crippen LogP contribution is -1.86. The average molecular weight is 152 g/mol. The molecule has 0 aliphatic heterocycles. The summed E-state index contributed by atoms with van der Waals surface area (Å²) in [5.41, 5.74) is 1.27. The lowest BCUT2D eigenvalue weighted by atomic mass is 10.1. The number of hydrogen-bond acceptors (Lipinski definition) is 0. The molecule has 0 spiro atoms. The number of nitrogens with one attached hydrogen (secondary N) is 1. The Hall–Kier alpha value is -0.760. The molecule has 0 unspecified atom stereocenters. The third-order valence-corrected chi connectivity index (χ3v) is 1.75. The van der Waals surface area contributed by atoms with E-state index in [2.05, 4.69) is 11.1 Å². The first-order valence-electron chi connectivity index (χ1n) is 4.14. The van der Waals surface area contributed by atoms with Gasteiger partial charge in [0, 0.05) is 11.9 Å². The minimum absolute atomic E-state index is 0.0741. The largest absolute Gasteiger partial charge is 0.365 e. The summed E-state index contributed by atoms with van der Waals surface area (Å²) in [6.45, 7) is 0.0741. The molecule has 61 valence electrons. The van der Waals surface area contributed by atoms with Crippen LogP contribution in [0.5, 0.6) is 0 Å². The molecule has 0 aromatic carbocycles. The zero-order valence-electron chi connectivity index (χ0n) is 6.68. The Labute approximate surface area is 67.3 Å². The molecule has 0 aliphatic carbocycles. The highest BCUT2D eigenvalue weighted by atomic mass is 16.2. The first-order valence-corrected chi connectivity index (χ1v) is 4.14. The molecule has 2 nitrogen and oxygen atoms in total. The smallest absolute Gasteiger partial charge is 0.0822 e. The fraction of sp³-hybridized carbons (Fsp3) is 0.556. The summed E-state index contributed by atoms with van der Waals surface area (Å²) >= 11 is 0. The predicted octanol–water partition coefficient (Wildman–Crippen LogP) is 2.16. The molecule has 0 amide bonds. The standard InChI is InChI=1S/C9H14NO/c11-8-3-1-2-5-9-6-4-7-10-9/h4,6-7,10H,1-3,5,8H2. The van der Waals surface area contributed by atoms with Gasteiger partial charge in [0.1, 0.15) is 0 Å². The van der Waals surface area contributed by atoms with Gasteiger partial charge in [-0.3, -0.25) is 0 Å². The Balaban J connectivity index is 2.04. The van der Waals surface area contributed by atoms with Crippen LogP contribution in [-0.4, -0.2) is 11.6 Å². The Morgan fingerprint density at radius 1 is 1.27 bits per heavy atom. The number of H-pyrrole nitrogens is 1. The third-order valence-electron chi connectivity index (χ3n) is 1.75. The van der Waals surface area contributed by atoms with Crippen LogP contribution in [0.2, 0.25) is 0 Å². The number of unbranched alkanes of at least 4 members (excludes halogenated alkanes) is 2. The summed E-state index contributed by atoms with van der Waals surface area (Å²) in [5, 5.41) is 10.1. The van der Waals surface area contributed by atoms with Crippen molar-refractivity contribution in [2.75, 3.05) is 6.61 Å². The molecule has 1 N–H and O–H groups in total. The van der Waals surface area contributed by atoms with E-state index in [9.17, 15) is 5.11 Å². The second kappa shape index (κ2) is 4.97. The maximum Gasteiger partial charge on any atom is 0.0822 e. The van der Waals surface area contributed by atoms with Gasteiger partial charge in [-0.05, 0) is 31.4 Å². The minimum atomic E-state index is 0.0741. The Morgan fingerprint density at radius 2 is 2.18 bits per heavy atom. The molecular formula is C9H14NO. The molecule has 1 aromatic heterocycles. The van der Waals surface area contributed by atoms with Crippen molar-refractivity contribution in [1.82, 2.24) is 4.98 Å². The fourth-order valence-corrected chi connectivity index (χ4v) is 1.12. The molecule has 0 bridgehead atoms. The van der Waals surface area contributed by atoms with E-state index >= 15 is 0 Å².